The van der Waals surface area contributed by atoms with Crippen LogP contribution in [0.5, 0.6) is 5.75 Å². The standard InChI is InChI=1S/C24H37NO3/c1-2-3-5-11-18(26)13-14-19-21(27)16-22-23(19)20-12-8-10-17(24(20)28-22)9-6-4-7-15-25/h8,10,12-14,18-19,21-23,26-27H,2-7,9,11,15-16,25H2,1H3/t18-,19-,21+,22-,23-/m0/s1. The highest BCUT2D eigenvalue weighted by atomic mass is 16.5. The van der Waals surface area contributed by atoms with Crippen molar-refractivity contribution in [1.29, 1.82) is 0 Å². The molecule has 1 saturated carbocycles. The van der Waals surface area contributed by atoms with Crippen molar-refractivity contribution in [2.24, 2.45) is 11.7 Å². The van der Waals surface area contributed by atoms with Crippen molar-refractivity contribution >= 4 is 0 Å². The van der Waals surface area contributed by atoms with Crippen LogP contribution >= 0.6 is 0 Å². The molecule has 0 radical (unpaired) electrons. The molecule has 1 aromatic carbocycles. The minimum Gasteiger partial charge on any atom is -0.489 e. The fourth-order valence-electron chi connectivity index (χ4n) is 4.76. The summed E-state index contributed by atoms with van der Waals surface area (Å²) in [4.78, 5) is 0. The highest BCUT2D eigenvalue weighted by Crippen LogP contribution is 2.52. The lowest BCUT2D eigenvalue weighted by atomic mass is 9.86. The quantitative estimate of drug-likeness (QED) is 0.395. The van der Waals surface area contributed by atoms with Crippen LogP contribution in [0, 0.1) is 5.92 Å². The van der Waals surface area contributed by atoms with Gasteiger partial charge in [0.05, 0.1) is 12.2 Å². The fourth-order valence-corrected chi connectivity index (χ4v) is 4.76. The van der Waals surface area contributed by atoms with Crippen molar-refractivity contribution < 1.29 is 14.9 Å². The highest BCUT2D eigenvalue weighted by molar-refractivity contribution is 5.49. The van der Waals surface area contributed by atoms with Crippen molar-refractivity contribution in [3.63, 3.8) is 0 Å². The normalized spacial score (nSPS) is 27.0. The third-order valence-corrected chi connectivity index (χ3v) is 6.30. The summed E-state index contributed by atoms with van der Waals surface area (Å²) < 4.78 is 6.32. The van der Waals surface area contributed by atoms with E-state index in [2.05, 4.69) is 25.1 Å². The molecule has 0 bridgehead atoms. The summed E-state index contributed by atoms with van der Waals surface area (Å²) in [6.07, 6.45) is 12.3. The maximum absolute atomic E-state index is 10.6. The molecule has 28 heavy (non-hydrogen) atoms. The molecule has 4 nitrogen and oxygen atoms in total. The van der Waals surface area contributed by atoms with Gasteiger partial charge in [-0.15, -0.1) is 0 Å². The molecule has 0 aromatic heterocycles. The molecule has 0 amide bonds. The predicted molar refractivity (Wildman–Crippen MR) is 114 cm³/mol. The Balaban J connectivity index is 1.68. The SMILES string of the molecule is CCCCC[C@H](O)C=C[C@@H]1[C@H]2c3cccc(CCCCCN)c3O[C@H]2C[C@H]1O. The summed E-state index contributed by atoms with van der Waals surface area (Å²) in [5.74, 6) is 1.24. The molecular weight excluding hydrogens is 350 g/mol. The average Bonchev–Trinajstić information content (AvgIpc) is 3.19. The molecule has 2 aliphatic rings. The van der Waals surface area contributed by atoms with Gasteiger partial charge >= 0.3 is 0 Å². The molecule has 1 aliphatic heterocycles. The lowest BCUT2D eigenvalue weighted by Crippen LogP contribution is -2.17. The molecule has 1 aliphatic carbocycles. The maximum atomic E-state index is 10.6. The summed E-state index contributed by atoms with van der Waals surface area (Å²) in [5, 5.41) is 20.8. The lowest BCUT2D eigenvalue weighted by molar-refractivity contribution is 0.135. The molecule has 0 spiro atoms. The molecule has 1 aromatic rings. The monoisotopic (exact) mass is 387 g/mol. The van der Waals surface area contributed by atoms with Crippen molar-refractivity contribution in [2.45, 2.75) is 88.9 Å². The third-order valence-electron chi connectivity index (χ3n) is 6.30. The molecule has 1 fully saturated rings. The summed E-state index contributed by atoms with van der Waals surface area (Å²) in [6, 6.07) is 6.44. The van der Waals surface area contributed by atoms with Crippen LogP contribution in [0.2, 0.25) is 0 Å². The van der Waals surface area contributed by atoms with Gasteiger partial charge < -0.3 is 20.7 Å². The van der Waals surface area contributed by atoms with E-state index in [0.717, 1.165) is 63.7 Å². The molecule has 0 saturated heterocycles. The Kier molecular flexibility index (Phi) is 7.95. The first-order valence-corrected chi connectivity index (χ1v) is 11.2. The van der Waals surface area contributed by atoms with E-state index in [4.69, 9.17) is 10.5 Å². The van der Waals surface area contributed by atoms with E-state index >= 15 is 0 Å². The number of aliphatic hydroxyl groups excluding tert-OH is 2. The Hall–Kier alpha value is -1.36. The zero-order valence-corrected chi connectivity index (χ0v) is 17.2. The van der Waals surface area contributed by atoms with Crippen LogP contribution in [-0.4, -0.2) is 35.1 Å². The summed E-state index contributed by atoms with van der Waals surface area (Å²) in [5.41, 5.74) is 8.11. The van der Waals surface area contributed by atoms with Gasteiger partial charge in [-0.1, -0.05) is 63.0 Å². The number of ether oxygens (including phenoxy) is 1. The Morgan fingerprint density at radius 2 is 2.07 bits per heavy atom. The van der Waals surface area contributed by atoms with Gasteiger partial charge in [-0.25, -0.2) is 0 Å². The van der Waals surface area contributed by atoms with Gasteiger partial charge in [0.15, 0.2) is 0 Å². The topological polar surface area (TPSA) is 75.7 Å². The van der Waals surface area contributed by atoms with Gasteiger partial charge in [-0.3, -0.25) is 0 Å². The van der Waals surface area contributed by atoms with Crippen LogP contribution in [-0.2, 0) is 6.42 Å². The number of fused-ring (bicyclic) bond motifs is 3. The van der Waals surface area contributed by atoms with Gasteiger partial charge in [0.1, 0.15) is 11.9 Å². The smallest absolute Gasteiger partial charge is 0.126 e. The first-order valence-electron chi connectivity index (χ1n) is 11.2. The Labute approximate surface area is 169 Å². The predicted octanol–water partition coefficient (Wildman–Crippen LogP) is 4.08. The van der Waals surface area contributed by atoms with E-state index in [1.54, 1.807) is 0 Å². The van der Waals surface area contributed by atoms with Crippen LogP contribution in [0.3, 0.4) is 0 Å². The third kappa shape index (κ3) is 4.97. The van der Waals surface area contributed by atoms with E-state index in [0.29, 0.717) is 6.42 Å². The van der Waals surface area contributed by atoms with Crippen molar-refractivity contribution in [3.8, 4) is 5.75 Å². The molecular formula is C24H37NO3. The first kappa shape index (κ1) is 21.4. The van der Waals surface area contributed by atoms with E-state index in [1.165, 1.54) is 11.1 Å². The van der Waals surface area contributed by atoms with Crippen LogP contribution < -0.4 is 10.5 Å². The van der Waals surface area contributed by atoms with E-state index in [1.807, 2.05) is 12.2 Å². The van der Waals surface area contributed by atoms with Crippen molar-refractivity contribution in [2.75, 3.05) is 6.54 Å². The second kappa shape index (κ2) is 10.4. The number of aliphatic hydroxyl groups is 2. The number of rotatable bonds is 11. The fraction of sp³-hybridized carbons (Fsp3) is 0.667. The van der Waals surface area contributed by atoms with Crippen LogP contribution in [0.4, 0.5) is 0 Å². The molecule has 1 heterocycles. The Morgan fingerprint density at radius 3 is 2.86 bits per heavy atom. The maximum Gasteiger partial charge on any atom is 0.126 e. The van der Waals surface area contributed by atoms with Gasteiger partial charge in [-0.05, 0) is 37.8 Å². The zero-order chi connectivity index (χ0) is 19.9. The number of hydrogen-bond acceptors (Lipinski definition) is 4. The van der Waals surface area contributed by atoms with E-state index in [9.17, 15) is 10.2 Å². The minimum atomic E-state index is -0.423. The lowest BCUT2D eigenvalue weighted by Gasteiger charge is -2.18. The van der Waals surface area contributed by atoms with E-state index < -0.39 is 12.2 Å². The number of unbranched alkanes of at least 4 members (excludes halogenated alkanes) is 4. The molecule has 0 unspecified atom stereocenters. The summed E-state index contributed by atoms with van der Waals surface area (Å²) in [6.45, 7) is 2.92. The van der Waals surface area contributed by atoms with E-state index in [-0.39, 0.29) is 17.9 Å². The van der Waals surface area contributed by atoms with Crippen LogP contribution in [0.1, 0.15) is 75.3 Å². The second-order valence-electron chi connectivity index (χ2n) is 8.45. The number of aryl methyl sites for hydroxylation is 1. The summed E-state index contributed by atoms with van der Waals surface area (Å²) >= 11 is 0. The molecule has 156 valence electrons. The van der Waals surface area contributed by atoms with Crippen molar-refractivity contribution in [3.05, 3.63) is 41.5 Å². The molecule has 4 heteroatoms. The number of nitrogens with two attached hydrogens (primary N) is 1. The number of benzene rings is 1. The molecule has 3 rings (SSSR count). The highest BCUT2D eigenvalue weighted by Gasteiger charge is 2.48. The second-order valence-corrected chi connectivity index (χ2v) is 8.45. The number of para-hydroxylation sites is 1. The zero-order valence-electron chi connectivity index (χ0n) is 17.2. The van der Waals surface area contributed by atoms with Crippen LogP contribution in [0.25, 0.3) is 0 Å². The van der Waals surface area contributed by atoms with Gasteiger partial charge in [0.25, 0.3) is 0 Å². The Bertz CT molecular complexity index is 645. The minimum absolute atomic E-state index is 0.0135. The first-order chi connectivity index (χ1) is 13.7. The average molecular weight is 388 g/mol. The van der Waals surface area contributed by atoms with Crippen molar-refractivity contribution in [1.82, 2.24) is 0 Å². The van der Waals surface area contributed by atoms with Gasteiger partial charge in [0, 0.05) is 23.8 Å². The summed E-state index contributed by atoms with van der Waals surface area (Å²) in [7, 11) is 0. The molecule has 4 N–H and O–H groups in total. The van der Waals surface area contributed by atoms with Gasteiger partial charge in [0.2, 0.25) is 0 Å². The number of hydrogen-bond donors (Lipinski definition) is 3. The molecule has 5 atom stereocenters. The largest absolute Gasteiger partial charge is 0.489 e. The van der Waals surface area contributed by atoms with Gasteiger partial charge in [-0.2, -0.15) is 0 Å². The van der Waals surface area contributed by atoms with Crippen LogP contribution in [0.15, 0.2) is 30.4 Å². The Morgan fingerprint density at radius 1 is 1.21 bits per heavy atom.